The lowest BCUT2D eigenvalue weighted by atomic mass is 10.1. The van der Waals surface area contributed by atoms with E-state index in [2.05, 4.69) is 4.99 Å². The standard InChI is InChI=1S/C16H13NO5/c1-8-5-13(18)14(16(20)22-8)9(2)17-11-4-3-10-7-21-15(19)12(10)6-11/h3-6,18H,7H2,1-2H3. The topological polar surface area (TPSA) is 89.1 Å². The Morgan fingerprint density at radius 3 is 2.77 bits per heavy atom. The summed E-state index contributed by atoms with van der Waals surface area (Å²) in [6.07, 6.45) is 0. The molecule has 6 nitrogen and oxygen atoms in total. The second kappa shape index (κ2) is 5.14. The van der Waals surface area contributed by atoms with E-state index in [0.29, 0.717) is 22.7 Å². The lowest BCUT2D eigenvalue weighted by molar-refractivity contribution is 0.0535. The van der Waals surface area contributed by atoms with Gasteiger partial charge in [-0.25, -0.2) is 9.59 Å². The molecule has 0 saturated carbocycles. The van der Waals surface area contributed by atoms with E-state index in [0.717, 1.165) is 5.56 Å². The first-order valence-corrected chi connectivity index (χ1v) is 6.65. The molecule has 0 unspecified atom stereocenters. The van der Waals surface area contributed by atoms with Crippen LogP contribution in [0.25, 0.3) is 0 Å². The molecule has 0 atom stereocenters. The number of cyclic esters (lactones) is 1. The van der Waals surface area contributed by atoms with Gasteiger partial charge in [-0.05, 0) is 26.0 Å². The molecule has 1 aliphatic rings. The first-order chi connectivity index (χ1) is 10.5. The van der Waals surface area contributed by atoms with Crippen molar-refractivity contribution >= 4 is 17.4 Å². The Labute approximate surface area is 125 Å². The van der Waals surface area contributed by atoms with Gasteiger partial charge in [0.25, 0.3) is 0 Å². The summed E-state index contributed by atoms with van der Waals surface area (Å²) in [5, 5.41) is 9.90. The molecular weight excluding hydrogens is 286 g/mol. The Morgan fingerprint density at radius 1 is 1.27 bits per heavy atom. The van der Waals surface area contributed by atoms with E-state index in [1.165, 1.54) is 6.07 Å². The van der Waals surface area contributed by atoms with Crippen molar-refractivity contribution in [2.75, 3.05) is 0 Å². The first-order valence-electron chi connectivity index (χ1n) is 6.65. The molecule has 0 bridgehead atoms. The third kappa shape index (κ3) is 2.39. The van der Waals surface area contributed by atoms with Gasteiger partial charge in [-0.1, -0.05) is 6.07 Å². The largest absolute Gasteiger partial charge is 0.507 e. The van der Waals surface area contributed by atoms with Crippen molar-refractivity contribution < 1.29 is 19.1 Å². The number of hydrogen-bond acceptors (Lipinski definition) is 6. The van der Waals surface area contributed by atoms with Crippen molar-refractivity contribution in [3.63, 3.8) is 0 Å². The van der Waals surface area contributed by atoms with E-state index >= 15 is 0 Å². The van der Waals surface area contributed by atoms with E-state index in [1.807, 2.05) is 0 Å². The third-order valence-corrected chi connectivity index (χ3v) is 3.38. The molecule has 112 valence electrons. The number of nitrogens with zero attached hydrogens (tertiary/aromatic N) is 1. The predicted molar refractivity (Wildman–Crippen MR) is 78.8 cm³/mol. The minimum atomic E-state index is -0.653. The maximum Gasteiger partial charge on any atom is 0.348 e. The molecule has 0 fully saturated rings. The number of aromatic hydroxyl groups is 1. The smallest absolute Gasteiger partial charge is 0.348 e. The first kappa shape index (κ1) is 14.1. The third-order valence-electron chi connectivity index (χ3n) is 3.38. The molecule has 6 heteroatoms. The molecule has 1 aliphatic heterocycles. The van der Waals surface area contributed by atoms with Crippen LogP contribution in [-0.4, -0.2) is 16.8 Å². The minimum absolute atomic E-state index is 0.00803. The molecule has 1 N–H and O–H groups in total. The number of carbonyl (C=O) groups excluding carboxylic acids is 1. The number of rotatable bonds is 2. The minimum Gasteiger partial charge on any atom is -0.507 e. The highest BCUT2D eigenvalue weighted by atomic mass is 16.5. The lowest BCUT2D eigenvalue weighted by Gasteiger charge is -2.04. The number of aryl methyl sites for hydroxylation is 1. The molecule has 1 aromatic heterocycles. The van der Waals surface area contributed by atoms with Crippen LogP contribution < -0.4 is 5.63 Å². The van der Waals surface area contributed by atoms with Crippen molar-refractivity contribution in [2.24, 2.45) is 4.99 Å². The molecule has 0 radical (unpaired) electrons. The van der Waals surface area contributed by atoms with Gasteiger partial charge in [0.15, 0.2) is 0 Å². The van der Waals surface area contributed by atoms with Gasteiger partial charge in [-0.2, -0.15) is 0 Å². The van der Waals surface area contributed by atoms with Crippen LogP contribution in [0.2, 0.25) is 0 Å². The summed E-state index contributed by atoms with van der Waals surface area (Å²) in [6.45, 7) is 3.43. The summed E-state index contributed by atoms with van der Waals surface area (Å²) in [4.78, 5) is 27.7. The highest BCUT2D eigenvalue weighted by molar-refractivity contribution is 6.02. The van der Waals surface area contributed by atoms with E-state index in [9.17, 15) is 14.7 Å². The highest BCUT2D eigenvalue weighted by Gasteiger charge is 2.21. The quantitative estimate of drug-likeness (QED) is 0.679. The number of aliphatic imine (C=N–C) groups is 1. The number of carbonyl (C=O) groups is 1. The predicted octanol–water partition coefficient (Wildman–Crippen LogP) is 2.46. The Bertz CT molecular complexity index is 863. The van der Waals surface area contributed by atoms with Gasteiger partial charge in [0.05, 0.1) is 17.0 Å². The molecule has 22 heavy (non-hydrogen) atoms. The SMILES string of the molecule is CC(=Nc1ccc2c(c1)C(=O)OC2)c1c(O)cc(C)oc1=O. The Morgan fingerprint density at radius 2 is 2.05 bits per heavy atom. The molecule has 2 heterocycles. The van der Waals surface area contributed by atoms with Crippen LogP contribution in [-0.2, 0) is 11.3 Å². The highest BCUT2D eigenvalue weighted by Crippen LogP contribution is 2.26. The summed E-state index contributed by atoms with van der Waals surface area (Å²) in [7, 11) is 0. The number of esters is 1. The van der Waals surface area contributed by atoms with Crippen LogP contribution in [0.5, 0.6) is 5.75 Å². The van der Waals surface area contributed by atoms with E-state index in [4.69, 9.17) is 9.15 Å². The molecule has 3 rings (SSSR count). The fourth-order valence-electron chi connectivity index (χ4n) is 2.35. The van der Waals surface area contributed by atoms with Crippen molar-refractivity contribution in [1.29, 1.82) is 0 Å². The normalized spacial score (nSPS) is 13.9. The second-order valence-electron chi connectivity index (χ2n) is 5.02. The van der Waals surface area contributed by atoms with Gasteiger partial charge in [-0.15, -0.1) is 0 Å². The van der Waals surface area contributed by atoms with Crippen LogP contribution in [0.3, 0.4) is 0 Å². The molecule has 0 saturated heterocycles. The maximum absolute atomic E-state index is 11.9. The van der Waals surface area contributed by atoms with Crippen LogP contribution in [0.1, 0.15) is 34.2 Å². The van der Waals surface area contributed by atoms with Gasteiger partial charge in [0.2, 0.25) is 0 Å². The van der Waals surface area contributed by atoms with E-state index in [1.54, 1.807) is 32.0 Å². The Hall–Kier alpha value is -2.89. The van der Waals surface area contributed by atoms with Gasteiger partial charge < -0.3 is 14.3 Å². The summed E-state index contributed by atoms with van der Waals surface area (Å²) >= 11 is 0. The Kier molecular flexibility index (Phi) is 3.29. The van der Waals surface area contributed by atoms with Crippen molar-refractivity contribution in [3.8, 4) is 5.75 Å². The molecule has 0 amide bonds. The van der Waals surface area contributed by atoms with E-state index < -0.39 is 5.63 Å². The van der Waals surface area contributed by atoms with Crippen molar-refractivity contribution in [1.82, 2.24) is 0 Å². The Balaban J connectivity index is 2.05. The molecular formula is C16H13NO5. The van der Waals surface area contributed by atoms with Gasteiger partial charge in [0.1, 0.15) is 23.7 Å². The molecule has 0 spiro atoms. The monoisotopic (exact) mass is 299 g/mol. The van der Waals surface area contributed by atoms with Crippen LogP contribution in [0.15, 0.2) is 38.5 Å². The zero-order valence-electron chi connectivity index (χ0n) is 12.0. The maximum atomic E-state index is 11.9. The summed E-state index contributed by atoms with van der Waals surface area (Å²) in [5.41, 5.74) is 1.42. The van der Waals surface area contributed by atoms with Crippen LogP contribution in [0, 0.1) is 6.92 Å². The number of fused-ring (bicyclic) bond motifs is 1. The molecule has 2 aromatic rings. The van der Waals surface area contributed by atoms with Crippen molar-refractivity contribution in [3.05, 3.63) is 57.1 Å². The average Bonchev–Trinajstić information content (AvgIpc) is 2.79. The van der Waals surface area contributed by atoms with Crippen LogP contribution in [0.4, 0.5) is 5.69 Å². The second-order valence-corrected chi connectivity index (χ2v) is 5.02. The van der Waals surface area contributed by atoms with Gasteiger partial charge >= 0.3 is 11.6 Å². The number of benzene rings is 1. The summed E-state index contributed by atoms with van der Waals surface area (Å²) in [6, 6.07) is 6.43. The molecule has 0 aliphatic carbocycles. The van der Waals surface area contributed by atoms with Crippen molar-refractivity contribution in [2.45, 2.75) is 20.5 Å². The van der Waals surface area contributed by atoms with Crippen LogP contribution >= 0.6 is 0 Å². The molecule has 1 aromatic carbocycles. The fraction of sp³-hybridized carbons (Fsp3) is 0.188. The van der Waals surface area contributed by atoms with Gasteiger partial charge in [-0.3, -0.25) is 4.99 Å². The number of hydrogen-bond donors (Lipinski definition) is 1. The average molecular weight is 299 g/mol. The van der Waals surface area contributed by atoms with Gasteiger partial charge in [0, 0.05) is 11.6 Å². The lowest BCUT2D eigenvalue weighted by Crippen LogP contribution is -2.12. The van der Waals surface area contributed by atoms with E-state index in [-0.39, 0.29) is 23.9 Å². The fourth-order valence-corrected chi connectivity index (χ4v) is 2.35. The summed E-state index contributed by atoms with van der Waals surface area (Å²) in [5.74, 6) is -0.253. The number of ether oxygens (including phenoxy) is 1. The zero-order valence-corrected chi connectivity index (χ0v) is 12.0. The summed E-state index contributed by atoms with van der Waals surface area (Å²) < 4.78 is 9.90. The zero-order chi connectivity index (χ0) is 15.9.